The number of fused-ring (bicyclic) bond motifs is 3. The molecule has 2 aliphatic heterocycles. The van der Waals surface area contributed by atoms with E-state index in [9.17, 15) is 18.4 Å². The highest BCUT2D eigenvalue weighted by Crippen LogP contribution is 2.47. The van der Waals surface area contributed by atoms with Gasteiger partial charge in [0.1, 0.15) is 17.5 Å². The summed E-state index contributed by atoms with van der Waals surface area (Å²) in [6, 6.07) is 13.9. The summed E-state index contributed by atoms with van der Waals surface area (Å²) in [5, 5.41) is 6.46. The third-order valence-corrected chi connectivity index (χ3v) is 10.1. The number of carbonyl (C=O) groups excluding carboxylic acids is 2. The standard InChI is InChI=1S/C33H34F2N4O2/c1-31(24-15-25(34)17-26(35)16-24)20-37-33(10-2-3-11-33)30(41)39(31)13-5-6-21-8-9-22-18-32(19-23(22)14-21)27-7-4-12-36-28(27)38-29(32)40/h4,7-9,12,14-17,37H,2-3,5-6,10-11,13,18-20H2,1H3,(H,36,38,40)/t31-,32?/m0/s1. The topological polar surface area (TPSA) is 74.3 Å². The number of pyridine rings is 1. The van der Waals surface area contributed by atoms with Crippen molar-refractivity contribution in [3.63, 3.8) is 0 Å². The van der Waals surface area contributed by atoms with Gasteiger partial charge in [0.25, 0.3) is 0 Å². The van der Waals surface area contributed by atoms with Gasteiger partial charge in [-0.1, -0.05) is 37.1 Å². The Hall–Kier alpha value is -3.65. The molecule has 2 N–H and O–H groups in total. The number of nitrogens with one attached hydrogen (secondary N) is 2. The number of amides is 2. The van der Waals surface area contributed by atoms with Crippen molar-refractivity contribution >= 4 is 17.6 Å². The number of hydrogen-bond acceptors (Lipinski definition) is 4. The third kappa shape index (κ3) is 4.09. The van der Waals surface area contributed by atoms with Gasteiger partial charge < -0.3 is 15.5 Å². The number of hydrogen-bond donors (Lipinski definition) is 2. The van der Waals surface area contributed by atoms with Crippen molar-refractivity contribution in [3.8, 4) is 0 Å². The van der Waals surface area contributed by atoms with E-state index in [-0.39, 0.29) is 11.8 Å². The van der Waals surface area contributed by atoms with Gasteiger partial charge in [-0.05, 0) is 85.9 Å². The fourth-order valence-corrected chi connectivity index (χ4v) is 7.75. The van der Waals surface area contributed by atoms with Crippen molar-refractivity contribution in [2.24, 2.45) is 0 Å². The van der Waals surface area contributed by atoms with E-state index < -0.39 is 28.1 Å². The van der Waals surface area contributed by atoms with Crippen molar-refractivity contribution in [2.75, 3.05) is 18.4 Å². The van der Waals surface area contributed by atoms with Gasteiger partial charge in [-0.2, -0.15) is 0 Å². The highest BCUT2D eigenvalue weighted by molar-refractivity contribution is 6.06. The van der Waals surface area contributed by atoms with Gasteiger partial charge >= 0.3 is 0 Å². The minimum Gasteiger partial charge on any atom is -0.330 e. The fraction of sp³-hybridized carbons (Fsp3) is 0.424. The fourth-order valence-electron chi connectivity index (χ4n) is 7.75. The van der Waals surface area contributed by atoms with Gasteiger partial charge in [0.05, 0.1) is 16.5 Å². The van der Waals surface area contributed by atoms with Crippen LogP contribution >= 0.6 is 0 Å². The van der Waals surface area contributed by atoms with Crippen LogP contribution in [0.15, 0.2) is 54.7 Å². The van der Waals surface area contributed by atoms with E-state index >= 15 is 0 Å². The molecule has 2 fully saturated rings. The Kier molecular flexibility index (Phi) is 6.05. The van der Waals surface area contributed by atoms with Crippen LogP contribution in [0.4, 0.5) is 14.6 Å². The van der Waals surface area contributed by atoms with Gasteiger partial charge in [-0.15, -0.1) is 0 Å². The molecule has 0 bridgehead atoms. The van der Waals surface area contributed by atoms with Gasteiger partial charge in [-0.3, -0.25) is 9.59 Å². The maximum Gasteiger partial charge on any atom is 0.243 e. The van der Waals surface area contributed by atoms with Crippen molar-refractivity contribution in [1.29, 1.82) is 0 Å². The molecule has 0 radical (unpaired) electrons. The predicted molar refractivity (Wildman–Crippen MR) is 151 cm³/mol. The number of aryl methyl sites for hydroxylation is 1. The summed E-state index contributed by atoms with van der Waals surface area (Å²) in [4.78, 5) is 33.3. The van der Waals surface area contributed by atoms with Crippen LogP contribution in [0, 0.1) is 11.6 Å². The van der Waals surface area contributed by atoms with Gasteiger partial charge in [0.2, 0.25) is 11.8 Å². The molecule has 7 rings (SSSR count). The van der Waals surface area contributed by atoms with Crippen LogP contribution in [0.3, 0.4) is 0 Å². The lowest BCUT2D eigenvalue weighted by Gasteiger charge is -2.52. The molecule has 212 valence electrons. The molecule has 3 aromatic rings. The van der Waals surface area contributed by atoms with Crippen LogP contribution in [-0.4, -0.2) is 40.3 Å². The van der Waals surface area contributed by atoms with Crippen LogP contribution < -0.4 is 10.6 Å². The molecule has 2 atom stereocenters. The molecule has 2 aliphatic carbocycles. The summed E-state index contributed by atoms with van der Waals surface area (Å²) in [5.74, 6) is -0.577. The molecule has 3 heterocycles. The van der Waals surface area contributed by atoms with E-state index in [0.29, 0.717) is 43.7 Å². The SMILES string of the molecule is C[C@@]1(c2cc(F)cc(F)c2)CNC2(CCCC2)C(=O)N1CCCc1ccc2c(c1)CC1(C2)C(=O)Nc2ncccc21. The number of anilines is 1. The first-order valence-corrected chi connectivity index (χ1v) is 14.6. The zero-order valence-corrected chi connectivity index (χ0v) is 23.2. The second-order valence-electron chi connectivity index (χ2n) is 12.5. The van der Waals surface area contributed by atoms with E-state index in [0.717, 1.165) is 49.3 Å². The summed E-state index contributed by atoms with van der Waals surface area (Å²) in [7, 11) is 0. The normalized spacial score (nSPS) is 26.1. The first-order chi connectivity index (χ1) is 19.7. The summed E-state index contributed by atoms with van der Waals surface area (Å²) < 4.78 is 28.6. The van der Waals surface area contributed by atoms with Crippen molar-refractivity contribution in [1.82, 2.24) is 15.2 Å². The summed E-state index contributed by atoms with van der Waals surface area (Å²) in [5.41, 5.74) is 2.90. The Balaban J connectivity index is 1.11. The first kappa shape index (κ1) is 26.3. The maximum absolute atomic E-state index is 14.3. The highest BCUT2D eigenvalue weighted by Gasteiger charge is 2.53. The Labute approximate surface area is 238 Å². The average molecular weight is 557 g/mol. The number of aromatic nitrogens is 1. The Morgan fingerprint density at radius 2 is 1.73 bits per heavy atom. The molecular weight excluding hydrogens is 522 g/mol. The molecule has 41 heavy (non-hydrogen) atoms. The molecule has 1 saturated heterocycles. The Bertz CT molecular complexity index is 1550. The number of nitrogens with zero attached hydrogens (tertiary/aromatic N) is 2. The molecule has 1 saturated carbocycles. The largest absolute Gasteiger partial charge is 0.330 e. The molecule has 2 aromatic carbocycles. The molecule has 6 nitrogen and oxygen atoms in total. The van der Waals surface area contributed by atoms with E-state index in [4.69, 9.17) is 0 Å². The van der Waals surface area contributed by atoms with E-state index in [2.05, 4.69) is 33.8 Å². The summed E-state index contributed by atoms with van der Waals surface area (Å²) in [6.45, 7) is 2.84. The highest BCUT2D eigenvalue weighted by atomic mass is 19.1. The molecule has 2 amide bonds. The molecule has 1 unspecified atom stereocenters. The number of rotatable bonds is 5. The lowest BCUT2D eigenvalue weighted by atomic mass is 9.79. The minimum absolute atomic E-state index is 0.00934. The summed E-state index contributed by atoms with van der Waals surface area (Å²) in [6.07, 6.45) is 8.03. The Morgan fingerprint density at radius 1 is 0.976 bits per heavy atom. The number of benzene rings is 2. The first-order valence-electron chi connectivity index (χ1n) is 14.6. The number of piperazine rings is 1. The Morgan fingerprint density at radius 3 is 2.51 bits per heavy atom. The van der Waals surface area contributed by atoms with Crippen molar-refractivity contribution in [2.45, 2.75) is 74.8 Å². The van der Waals surface area contributed by atoms with Crippen molar-refractivity contribution < 1.29 is 18.4 Å². The monoisotopic (exact) mass is 556 g/mol. The van der Waals surface area contributed by atoms with Crippen LogP contribution in [0.25, 0.3) is 0 Å². The van der Waals surface area contributed by atoms with E-state index in [1.807, 2.05) is 24.0 Å². The lowest BCUT2D eigenvalue weighted by Crippen LogP contribution is -2.70. The molecule has 8 heteroatoms. The van der Waals surface area contributed by atoms with E-state index in [1.165, 1.54) is 23.3 Å². The second kappa shape index (κ2) is 9.44. The predicted octanol–water partition coefficient (Wildman–Crippen LogP) is 4.94. The van der Waals surface area contributed by atoms with Crippen molar-refractivity contribution in [3.05, 3.63) is 94.2 Å². The minimum atomic E-state index is -0.866. The average Bonchev–Trinajstić information content (AvgIpc) is 3.65. The number of carbonyl (C=O) groups is 2. The molecule has 2 spiro atoms. The zero-order valence-electron chi connectivity index (χ0n) is 23.2. The van der Waals surface area contributed by atoms with Gasteiger partial charge in [0.15, 0.2) is 0 Å². The second-order valence-corrected chi connectivity index (χ2v) is 12.5. The van der Waals surface area contributed by atoms with Gasteiger partial charge in [-0.25, -0.2) is 13.8 Å². The van der Waals surface area contributed by atoms with E-state index in [1.54, 1.807) is 6.20 Å². The summed E-state index contributed by atoms with van der Waals surface area (Å²) >= 11 is 0. The smallest absolute Gasteiger partial charge is 0.243 e. The van der Waals surface area contributed by atoms with Gasteiger partial charge in [0, 0.05) is 30.9 Å². The maximum atomic E-state index is 14.3. The quantitative estimate of drug-likeness (QED) is 0.467. The lowest BCUT2D eigenvalue weighted by molar-refractivity contribution is -0.151. The van der Waals surface area contributed by atoms with Crippen LogP contribution in [0.5, 0.6) is 0 Å². The van der Waals surface area contributed by atoms with Crippen LogP contribution in [0.2, 0.25) is 0 Å². The third-order valence-electron chi connectivity index (χ3n) is 10.1. The molecular formula is C33H34F2N4O2. The zero-order chi connectivity index (χ0) is 28.4. The molecule has 1 aromatic heterocycles. The molecule has 4 aliphatic rings. The number of halogens is 2. The van der Waals surface area contributed by atoms with Crippen LogP contribution in [0.1, 0.15) is 66.8 Å². The van der Waals surface area contributed by atoms with Crippen LogP contribution in [-0.2, 0) is 39.8 Å².